The van der Waals surface area contributed by atoms with E-state index in [-0.39, 0.29) is 0 Å². The lowest BCUT2D eigenvalue weighted by Crippen LogP contribution is -2.07. The number of methoxy groups -OCH3 is 1. The molecule has 0 unspecified atom stereocenters. The van der Waals surface area contributed by atoms with Crippen LogP contribution in [0, 0.1) is 5.92 Å². The molecule has 5 heteroatoms. The van der Waals surface area contributed by atoms with E-state index in [1.54, 1.807) is 18.0 Å². The second kappa shape index (κ2) is 7.02. The molecule has 0 aliphatic rings. The van der Waals surface area contributed by atoms with Crippen LogP contribution in [0.3, 0.4) is 0 Å². The van der Waals surface area contributed by atoms with Crippen LogP contribution < -0.4 is 14.8 Å². The van der Waals surface area contributed by atoms with Crippen LogP contribution in [0.2, 0.25) is 0 Å². The maximum atomic E-state index is 5.75. The van der Waals surface area contributed by atoms with Crippen LogP contribution in [0.25, 0.3) is 0 Å². The van der Waals surface area contributed by atoms with Gasteiger partial charge in [0.15, 0.2) is 11.5 Å². The van der Waals surface area contributed by atoms with Crippen LogP contribution in [0.5, 0.6) is 11.5 Å². The second-order valence-electron chi connectivity index (χ2n) is 5.38. The van der Waals surface area contributed by atoms with Gasteiger partial charge in [0.2, 0.25) is 0 Å². The number of nitrogens with zero attached hydrogens (tertiary/aromatic N) is 2. The molecule has 2 aromatic rings. The number of anilines is 1. The minimum absolute atomic E-state index is 0.487. The zero-order valence-corrected chi connectivity index (χ0v) is 13.1. The molecule has 0 bridgehead atoms. The van der Waals surface area contributed by atoms with Crippen LogP contribution in [0.1, 0.15) is 19.4 Å². The van der Waals surface area contributed by atoms with Gasteiger partial charge in [-0.15, -0.1) is 0 Å². The second-order valence-corrected chi connectivity index (χ2v) is 5.38. The molecule has 0 saturated heterocycles. The van der Waals surface area contributed by atoms with Gasteiger partial charge in [-0.2, -0.15) is 5.10 Å². The number of ether oxygens (including phenoxy) is 2. The molecule has 1 aromatic carbocycles. The zero-order valence-electron chi connectivity index (χ0n) is 13.1. The van der Waals surface area contributed by atoms with Crippen molar-refractivity contribution in [3.8, 4) is 11.5 Å². The van der Waals surface area contributed by atoms with Gasteiger partial charge < -0.3 is 14.8 Å². The number of aryl methyl sites for hydroxylation is 1. The fourth-order valence-corrected chi connectivity index (χ4v) is 1.94. The summed E-state index contributed by atoms with van der Waals surface area (Å²) in [5.74, 6) is 3.02. The van der Waals surface area contributed by atoms with Gasteiger partial charge in [0.25, 0.3) is 0 Å². The molecule has 2 rings (SSSR count). The lowest BCUT2D eigenvalue weighted by molar-refractivity contribution is 0.257. The maximum Gasteiger partial charge on any atom is 0.161 e. The Morgan fingerprint density at radius 2 is 2.05 bits per heavy atom. The molecule has 0 radical (unpaired) electrons. The molecule has 0 aliphatic carbocycles. The normalized spacial score (nSPS) is 10.7. The van der Waals surface area contributed by atoms with Crippen LogP contribution in [0.4, 0.5) is 5.82 Å². The molecule has 114 valence electrons. The van der Waals surface area contributed by atoms with Crippen LogP contribution in [-0.4, -0.2) is 23.5 Å². The molecule has 0 spiro atoms. The quantitative estimate of drug-likeness (QED) is 0.851. The molecule has 0 amide bonds. The highest BCUT2D eigenvalue weighted by atomic mass is 16.5. The highest BCUT2D eigenvalue weighted by Crippen LogP contribution is 2.28. The molecule has 0 aliphatic heterocycles. The van der Waals surface area contributed by atoms with E-state index in [9.17, 15) is 0 Å². The van der Waals surface area contributed by atoms with E-state index >= 15 is 0 Å². The third-order valence-electron chi connectivity index (χ3n) is 3.09. The summed E-state index contributed by atoms with van der Waals surface area (Å²) in [5.41, 5.74) is 1.13. The SMILES string of the molecule is COc1cc(CNc2ccnn2C)ccc1OCC(C)C. The standard InChI is InChI=1S/C16H23N3O2/c1-12(2)11-21-14-6-5-13(9-15(14)20-4)10-17-16-7-8-18-19(16)3/h5-9,12,17H,10-11H2,1-4H3. The van der Waals surface area contributed by atoms with E-state index in [1.807, 2.05) is 31.3 Å². The van der Waals surface area contributed by atoms with Gasteiger partial charge >= 0.3 is 0 Å². The first-order chi connectivity index (χ1) is 10.1. The van der Waals surface area contributed by atoms with Gasteiger partial charge in [-0.3, -0.25) is 4.68 Å². The van der Waals surface area contributed by atoms with E-state index in [0.29, 0.717) is 19.1 Å². The molecule has 0 fully saturated rings. The van der Waals surface area contributed by atoms with Crippen molar-refractivity contribution in [2.75, 3.05) is 19.0 Å². The summed E-state index contributed by atoms with van der Waals surface area (Å²) in [5, 5.41) is 7.46. The molecule has 0 saturated carbocycles. The van der Waals surface area contributed by atoms with E-state index in [0.717, 1.165) is 22.9 Å². The van der Waals surface area contributed by atoms with Crippen molar-refractivity contribution in [1.29, 1.82) is 0 Å². The molecule has 21 heavy (non-hydrogen) atoms. The third kappa shape index (κ3) is 4.15. The number of hydrogen-bond acceptors (Lipinski definition) is 4. The first-order valence-corrected chi connectivity index (χ1v) is 7.11. The number of aromatic nitrogens is 2. The van der Waals surface area contributed by atoms with Crippen molar-refractivity contribution in [1.82, 2.24) is 9.78 Å². The minimum Gasteiger partial charge on any atom is -0.493 e. The average Bonchev–Trinajstić information content (AvgIpc) is 2.88. The van der Waals surface area contributed by atoms with E-state index < -0.39 is 0 Å². The van der Waals surface area contributed by atoms with E-state index in [4.69, 9.17) is 9.47 Å². The molecule has 0 atom stereocenters. The fraction of sp³-hybridized carbons (Fsp3) is 0.438. The Morgan fingerprint density at radius 1 is 1.24 bits per heavy atom. The van der Waals surface area contributed by atoms with Crippen molar-refractivity contribution in [2.45, 2.75) is 20.4 Å². The topological polar surface area (TPSA) is 48.3 Å². The fourth-order valence-electron chi connectivity index (χ4n) is 1.94. The van der Waals surface area contributed by atoms with E-state index in [2.05, 4.69) is 24.3 Å². The highest BCUT2D eigenvalue weighted by molar-refractivity contribution is 5.44. The average molecular weight is 289 g/mol. The zero-order chi connectivity index (χ0) is 15.2. The maximum absolute atomic E-state index is 5.75. The summed E-state index contributed by atoms with van der Waals surface area (Å²) in [6.07, 6.45) is 1.77. The predicted molar refractivity (Wildman–Crippen MR) is 83.9 cm³/mol. The summed E-state index contributed by atoms with van der Waals surface area (Å²) in [7, 11) is 3.57. The number of rotatable bonds is 7. The van der Waals surface area contributed by atoms with Crippen molar-refractivity contribution < 1.29 is 9.47 Å². The van der Waals surface area contributed by atoms with Gasteiger partial charge in [-0.1, -0.05) is 19.9 Å². The highest BCUT2D eigenvalue weighted by Gasteiger charge is 2.07. The molecular weight excluding hydrogens is 266 g/mol. The predicted octanol–water partition coefficient (Wildman–Crippen LogP) is 3.08. The van der Waals surface area contributed by atoms with Crippen molar-refractivity contribution in [3.63, 3.8) is 0 Å². The Hall–Kier alpha value is -2.17. The molecule has 1 heterocycles. The first kappa shape index (κ1) is 15.2. The molecule has 1 N–H and O–H groups in total. The van der Waals surface area contributed by atoms with Crippen LogP contribution in [0.15, 0.2) is 30.5 Å². The Bertz CT molecular complexity index is 579. The summed E-state index contributed by atoms with van der Waals surface area (Å²) in [4.78, 5) is 0. The van der Waals surface area contributed by atoms with Gasteiger partial charge in [0, 0.05) is 19.7 Å². The van der Waals surface area contributed by atoms with Crippen molar-refractivity contribution in [2.24, 2.45) is 13.0 Å². The Balaban J connectivity index is 2.02. The monoisotopic (exact) mass is 289 g/mol. The Morgan fingerprint density at radius 3 is 2.67 bits per heavy atom. The first-order valence-electron chi connectivity index (χ1n) is 7.11. The smallest absolute Gasteiger partial charge is 0.161 e. The number of hydrogen-bond donors (Lipinski definition) is 1. The van der Waals surface area contributed by atoms with Gasteiger partial charge in [0.1, 0.15) is 5.82 Å². The molecule has 5 nitrogen and oxygen atoms in total. The van der Waals surface area contributed by atoms with Gasteiger partial charge in [-0.25, -0.2) is 0 Å². The molecule has 1 aromatic heterocycles. The van der Waals surface area contributed by atoms with Crippen LogP contribution >= 0.6 is 0 Å². The van der Waals surface area contributed by atoms with Gasteiger partial charge in [0.05, 0.1) is 19.9 Å². The van der Waals surface area contributed by atoms with E-state index in [1.165, 1.54) is 0 Å². The Labute approximate surface area is 125 Å². The largest absolute Gasteiger partial charge is 0.493 e. The number of nitrogens with one attached hydrogen (secondary N) is 1. The lowest BCUT2D eigenvalue weighted by Gasteiger charge is -2.14. The van der Waals surface area contributed by atoms with Gasteiger partial charge in [-0.05, 0) is 23.6 Å². The lowest BCUT2D eigenvalue weighted by atomic mass is 10.2. The minimum atomic E-state index is 0.487. The summed E-state index contributed by atoms with van der Waals surface area (Å²) in [6, 6.07) is 7.94. The van der Waals surface area contributed by atoms with Crippen molar-refractivity contribution in [3.05, 3.63) is 36.0 Å². The molecular formula is C16H23N3O2. The Kier molecular flexibility index (Phi) is 5.09. The summed E-state index contributed by atoms with van der Waals surface area (Å²) < 4.78 is 13.0. The van der Waals surface area contributed by atoms with Crippen LogP contribution in [-0.2, 0) is 13.6 Å². The third-order valence-corrected chi connectivity index (χ3v) is 3.09. The number of benzene rings is 1. The summed E-state index contributed by atoms with van der Waals surface area (Å²) in [6.45, 7) is 5.64. The summed E-state index contributed by atoms with van der Waals surface area (Å²) >= 11 is 0. The van der Waals surface area contributed by atoms with Crippen molar-refractivity contribution >= 4 is 5.82 Å².